The van der Waals surface area contributed by atoms with Gasteiger partial charge >= 0.3 is 12.2 Å². The lowest BCUT2D eigenvalue weighted by atomic mass is 10.3. The van der Waals surface area contributed by atoms with Crippen molar-refractivity contribution in [3.05, 3.63) is 42.2 Å². The Labute approximate surface area is 141 Å². The fourth-order valence-corrected chi connectivity index (χ4v) is 1.98. The standard InChI is InChI=1S/C15H16F3N5O2/c1-9(19-14(25)20-10-6-4-3-5-7-10)13(24)21-11-8-23(2)22-12(11)15(16,17)18/h3-9H,1-2H3,(H,21,24)(H2,19,20,25). The van der Waals surface area contributed by atoms with Crippen LogP contribution in [-0.4, -0.2) is 27.8 Å². The lowest BCUT2D eigenvalue weighted by Gasteiger charge is -2.15. The van der Waals surface area contributed by atoms with Gasteiger partial charge in [-0.05, 0) is 19.1 Å². The summed E-state index contributed by atoms with van der Waals surface area (Å²) in [7, 11) is 1.31. The molecular formula is C15H16F3N5O2. The lowest BCUT2D eigenvalue weighted by molar-refractivity contribution is -0.140. The Bertz CT molecular complexity index is 758. The normalized spacial score (nSPS) is 12.4. The van der Waals surface area contributed by atoms with E-state index in [2.05, 4.69) is 21.0 Å². The minimum Gasteiger partial charge on any atom is -0.326 e. The third-order valence-corrected chi connectivity index (χ3v) is 3.13. The zero-order valence-electron chi connectivity index (χ0n) is 13.4. The number of para-hydroxylation sites is 1. The molecule has 1 atom stereocenters. The Kier molecular flexibility index (Phi) is 5.30. The van der Waals surface area contributed by atoms with Crippen LogP contribution in [0.3, 0.4) is 0 Å². The molecule has 0 spiro atoms. The van der Waals surface area contributed by atoms with Crippen molar-refractivity contribution in [2.24, 2.45) is 7.05 Å². The van der Waals surface area contributed by atoms with E-state index in [1.807, 2.05) is 0 Å². The number of rotatable bonds is 4. The summed E-state index contributed by atoms with van der Waals surface area (Å²) in [6.07, 6.45) is -3.66. The summed E-state index contributed by atoms with van der Waals surface area (Å²) in [5.74, 6) is -0.804. The van der Waals surface area contributed by atoms with Crippen LogP contribution in [0.4, 0.5) is 29.3 Å². The van der Waals surface area contributed by atoms with Crippen molar-refractivity contribution in [3.63, 3.8) is 0 Å². The van der Waals surface area contributed by atoms with E-state index in [9.17, 15) is 22.8 Å². The van der Waals surface area contributed by atoms with Gasteiger partial charge in [-0.25, -0.2) is 4.79 Å². The van der Waals surface area contributed by atoms with Crippen LogP contribution < -0.4 is 16.0 Å². The minimum absolute atomic E-state index is 0.475. The van der Waals surface area contributed by atoms with Gasteiger partial charge in [0, 0.05) is 18.9 Å². The summed E-state index contributed by atoms with van der Waals surface area (Å²) in [5.41, 5.74) is -1.17. The molecule has 0 bridgehead atoms. The van der Waals surface area contributed by atoms with Crippen LogP contribution in [0.15, 0.2) is 36.5 Å². The molecule has 10 heteroatoms. The van der Waals surface area contributed by atoms with E-state index in [0.717, 1.165) is 10.9 Å². The number of nitrogens with zero attached hydrogens (tertiary/aromatic N) is 2. The predicted octanol–water partition coefficient (Wildman–Crippen LogP) is 2.59. The number of benzene rings is 1. The van der Waals surface area contributed by atoms with Crippen molar-refractivity contribution in [1.82, 2.24) is 15.1 Å². The third-order valence-electron chi connectivity index (χ3n) is 3.13. The van der Waals surface area contributed by atoms with Crippen molar-refractivity contribution >= 4 is 23.3 Å². The first-order valence-electron chi connectivity index (χ1n) is 7.21. The Balaban J connectivity index is 1.98. The van der Waals surface area contributed by atoms with Gasteiger partial charge in [0.05, 0.1) is 5.69 Å². The summed E-state index contributed by atoms with van der Waals surface area (Å²) in [6, 6.07) is 6.77. The molecule has 7 nitrogen and oxygen atoms in total. The maximum absolute atomic E-state index is 12.9. The summed E-state index contributed by atoms with van der Waals surface area (Å²) in [6.45, 7) is 1.35. The maximum Gasteiger partial charge on any atom is 0.437 e. The number of alkyl halides is 3. The maximum atomic E-state index is 12.9. The van der Waals surface area contributed by atoms with E-state index in [-0.39, 0.29) is 0 Å². The molecule has 1 aromatic carbocycles. The number of anilines is 2. The SMILES string of the molecule is CC(NC(=O)Nc1ccccc1)C(=O)Nc1cn(C)nc1C(F)(F)F. The van der Waals surface area contributed by atoms with Crippen LogP contribution in [0.1, 0.15) is 12.6 Å². The van der Waals surface area contributed by atoms with Crippen molar-refractivity contribution in [3.8, 4) is 0 Å². The molecule has 0 aliphatic heterocycles. The van der Waals surface area contributed by atoms with E-state index < -0.39 is 35.5 Å². The summed E-state index contributed by atoms with van der Waals surface area (Å²) in [5, 5.41) is 10.3. The molecular weight excluding hydrogens is 339 g/mol. The topological polar surface area (TPSA) is 88.0 Å². The molecule has 3 amide bonds. The van der Waals surface area contributed by atoms with Crippen LogP contribution in [0.25, 0.3) is 0 Å². The molecule has 0 fully saturated rings. The number of carbonyl (C=O) groups excluding carboxylic acids is 2. The van der Waals surface area contributed by atoms with Gasteiger partial charge in [-0.1, -0.05) is 18.2 Å². The van der Waals surface area contributed by atoms with Gasteiger partial charge in [0.1, 0.15) is 6.04 Å². The summed E-state index contributed by atoms with van der Waals surface area (Å²) >= 11 is 0. The molecule has 2 rings (SSSR count). The molecule has 1 heterocycles. The van der Waals surface area contributed by atoms with Gasteiger partial charge in [-0.15, -0.1) is 0 Å². The second-order valence-corrected chi connectivity index (χ2v) is 5.24. The summed E-state index contributed by atoms with van der Waals surface area (Å²) in [4.78, 5) is 23.8. The van der Waals surface area contributed by atoms with Gasteiger partial charge in [-0.2, -0.15) is 18.3 Å². The van der Waals surface area contributed by atoms with Gasteiger partial charge in [0.25, 0.3) is 0 Å². The number of aromatic nitrogens is 2. The number of hydrogen-bond acceptors (Lipinski definition) is 3. The largest absolute Gasteiger partial charge is 0.437 e. The van der Waals surface area contributed by atoms with Gasteiger partial charge < -0.3 is 16.0 Å². The zero-order valence-corrected chi connectivity index (χ0v) is 13.4. The number of carbonyl (C=O) groups is 2. The van der Waals surface area contributed by atoms with Crippen LogP contribution in [0, 0.1) is 0 Å². The molecule has 2 aromatic rings. The number of halogens is 3. The van der Waals surface area contributed by atoms with Crippen LogP contribution in [0.5, 0.6) is 0 Å². The molecule has 0 radical (unpaired) electrons. The highest BCUT2D eigenvalue weighted by molar-refractivity contribution is 5.99. The zero-order chi connectivity index (χ0) is 18.6. The Morgan fingerprint density at radius 2 is 1.80 bits per heavy atom. The fraction of sp³-hybridized carbons (Fsp3) is 0.267. The first kappa shape index (κ1) is 18.3. The fourth-order valence-electron chi connectivity index (χ4n) is 1.98. The van der Waals surface area contributed by atoms with E-state index in [4.69, 9.17) is 0 Å². The predicted molar refractivity (Wildman–Crippen MR) is 84.9 cm³/mol. The second-order valence-electron chi connectivity index (χ2n) is 5.24. The van der Waals surface area contributed by atoms with Gasteiger partial charge in [0.15, 0.2) is 5.69 Å². The van der Waals surface area contributed by atoms with Crippen LogP contribution >= 0.6 is 0 Å². The highest BCUT2D eigenvalue weighted by Gasteiger charge is 2.37. The average molecular weight is 355 g/mol. The van der Waals surface area contributed by atoms with E-state index >= 15 is 0 Å². The quantitative estimate of drug-likeness (QED) is 0.788. The number of nitrogens with one attached hydrogen (secondary N) is 3. The molecule has 0 aliphatic carbocycles. The average Bonchev–Trinajstić information content (AvgIpc) is 2.88. The molecule has 25 heavy (non-hydrogen) atoms. The van der Waals surface area contributed by atoms with Crippen molar-refractivity contribution < 1.29 is 22.8 Å². The monoisotopic (exact) mass is 355 g/mol. The molecule has 0 aliphatic rings. The van der Waals surface area contributed by atoms with E-state index in [0.29, 0.717) is 5.69 Å². The number of amides is 3. The first-order chi connectivity index (χ1) is 11.7. The van der Waals surface area contributed by atoms with Gasteiger partial charge in [0.2, 0.25) is 5.91 Å². The minimum atomic E-state index is -4.70. The molecule has 1 aromatic heterocycles. The summed E-state index contributed by atoms with van der Waals surface area (Å²) < 4.78 is 39.5. The number of aryl methyl sites for hydroxylation is 1. The molecule has 0 saturated carbocycles. The second kappa shape index (κ2) is 7.24. The Morgan fingerprint density at radius 3 is 2.40 bits per heavy atom. The van der Waals surface area contributed by atoms with Gasteiger partial charge in [-0.3, -0.25) is 9.48 Å². The van der Waals surface area contributed by atoms with Crippen molar-refractivity contribution in [2.75, 3.05) is 10.6 Å². The third kappa shape index (κ3) is 4.96. The Morgan fingerprint density at radius 1 is 1.16 bits per heavy atom. The smallest absolute Gasteiger partial charge is 0.326 e. The number of urea groups is 1. The number of hydrogen-bond donors (Lipinski definition) is 3. The Hall–Kier alpha value is -3.04. The lowest BCUT2D eigenvalue weighted by Crippen LogP contribution is -2.43. The molecule has 1 unspecified atom stereocenters. The first-order valence-corrected chi connectivity index (χ1v) is 7.21. The molecule has 0 saturated heterocycles. The highest BCUT2D eigenvalue weighted by Crippen LogP contribution is 2.33. The molecule has 134 valence electrons. The highest BCUT2D eigenvalue weighted by atomic mass is 19.4. The van der Waals surface area contributed by atoms with Crippen molar-refractivity contribution in [2.45, 2.75) is 19.1 Å². The molecule has 3 N–H and O–H groups in total. The van der Waals surface area contributed by atoms with E-state index in [1.54, 1.807) is 30.3 Å². The van der Waals surface area contributed by atoms with Crippen LogP contribution in [-0.2, 0) is 18.0 Å². The van der Waals surface area contributed by atoms with Crippen molar-refractivity contribution in [1.29, 1.82) is 0 Å². The van der Waals surface area contributed by atoms with Crippen LogP contribution in [0.2, 0.25) is 0 Å². The van der Waals surface area contributed by atoms with E-state index in [1.165, 1.54) is 14.0 Å².